The van der Waals surface area contributed by atoms with Gasteiger partial charge in [-0.15, -0.1) is 0 Å². The molecule has 3 amide bonds. The fourth-order valence-electron chi connectivity index (χ4n) is 3.30. The van der Waals surface area contributed by atoms with Crippen molar-refractivity contribution in [2.45, 2.75) is 26.2 Å². The van der Waals surface area contributed by atoms with E-state index >= 15 is 0 Å². The molecule has 1 aromatic carbocycles. The van der Waals surface area contributed by atoms with Gasteiger partial charge in [-0.3, -0.25) is 14.4 Å². The fraction of sp³-hybridized carbons (Fsp3) is 0.438. The third-order valence-electron chi connectivity index (χ3n) is 4.41. The maximum atomic E-state index is 12.4. The van der Waals surface area contributed by atoms with E-state index in [9.17, 15) is 14.4 Å². The van der Waals surface area contributed by atoms with Crippen LogP contribution in [0.25, 0.3) is 0 Å². The third kappa shape index (κ3) is 1.96. The summed E-state index contributed by atoms with van der Waals surface area (Å²) in [5.74, 6) is -1.23. The first-order chi connectivity index (χ1) is 9.59. The number of rotatable bonds is 1. The van der Waals surface area contributed by atoms with Crippen molar-refractivity contribution >= 4 is 17.7 Å². The molecule has 3 atom stereocenters. The largest absolute Gasteiger partial charge is 0.274 e. The lowest BCUT2D eigenvalue weighted by atomic mass is 9.76. The molecule has 1 saturated heterocycles. The van der Waals surface area contributed by atoms with Crippen LogP contribution in [0.3, 0.4) is 0 Å². The van der Waals surface area contributed by atoms with Gasteiger partial charge in [-0.05, 0) is 37.3 Å². The Hall–Kier alpha value is -1.97. The molecule has 0 spiro atoms. The van der Waals surface area contributed by atoms with Crippen LogP contribution in [0.4, 0.5) is 0 Å². The highest BCUT2D eigenvalue weighted by Gasteiger charge is 2.51. The van der Waals surface area contributed by atoms with Gasteiger partial charge in [0.05, 0.1) is 11.8 Å². The molecule has 1 saturated carbocycles. The number of amides is 3. The van der Waals surface area contributed by atoms with E-state index in [2.05, 4.69) is 6.92 Å². The highest BCUT2D eigenvalue weighted by Crippen LogP contribution is 2.40. The molecule has 1 aromatic rings. The summed E-state index contributed by atoms with van der Waals surface area (Å²) < 4.78 is 0. The molecule has 4 heteroatoms. The molecule has 1 aliphatic heterocycles. The Morgan fingerprint density at radius 3 is 2.40 bits per heavy atom. The smallest absolute Gasteiger partial charge is 0.267 e. The summed E-state index contributed by atoms with van der Waals surface area (Å²) in [7, 11) is 0. The van der Waals surface area contributed by atoms with Gasteiger partial charge >= 0.3 is 0 Å². The molecule has 3 unspecified atom stereocenters. The highest BCUT2D eigenvalue weighted by atomic mass is 16.2. The van der Waals surface area contributed by atoms with Crippen molar-refractivity contribution in [2.24, 2.45) is 17.8 Å². The predicted molar refractivity (Wildman–Crippen MR) is 72.6 cm³/mol. The Morgan fingerprint density at radius 2 is 1.70 bits per heavy atom. The van der Waals surface area contributed by atoms with E-state index in [1.165, 1.54) is 0 Å². The molecule has 0 N–H and O–H groups in total. The van der Waals surface area contributed by atoms with Crippen LogP contribution in [0, 0.1) is 17.8 Å². The van der Waals surface area contributed by atoms with Crippen molar-refractivity contribution in [1.82, 2.24) is 4.90 Å². The van der Waals surface area contributed by atoms with Gasteiger partial charge in [0.2, 0.25) is 11.8 Å². The van der Waals surface area contributed by atoms with E-state index in [-0.39, 0.29) is 23.7 Å². The Morgan fingerprint density at radius 1 is 1.05 bits per heavy atom. The minimum atomic E-state index is -0.484. The zero-order valence-corrected chi connectivity index (χ0v) is 11.4. The lowest BCUT2D eigenvalue weighted by molar-refractivity contribution is -0.136. The van der Waals surface area contributed by atoms with Gasteiger partial charge in [0.15, 0.2) is 0 Å². The molecule has 0 radical (unpaired) electrons. The molecule has 2 aliphatic rings. The SMILES string of the molecule is CC1CCC2C(=O)N(C(=O)c3ccccc3)C(=O)C2C1. The van der Waals surface area contributed by atoms with Gasteiger partial charge in [0, 0.05) is 5.56 Å². The second-order valence-electron chi connectivity index (χ2n) is 5.81. The van der Waals surface area contributed by atoms with Crippen LogP contribution in [0.5, 0.6) is 0 Å². The monoisotopic (exact) mass is 271 g/mol. The summed E-state index contributed by atoms with van der Waals surface area (Å²) in [6, 6.07) is 8.52. The summed E-state index contributed by atoms with van der Waals surface area (Å²) in [4.78, 5) is 38.0. The summed E-state index contributed by atoms with van der Waals surface area (Å²) in [6.45, 7) is 2.09. The number of hydrogen-bond donors (Lipinski definition) is 0. The van der Waals surface area contributed by atoms with Crippen LogP contribution < -0.4 is 0 Å². The van der Waals surface area contributed by atoms with Crippen molar-refractivity contribution in [1.29, 1.82) is 0 Å². The van der Waals surface area contributed by atoms with E-state index in [1.54, 1.807) is 30.3 Å². The summed E-state index contributed by atoms with van der Waals surface area (Å²) in [6.07, 6.45) is 2.39. The van der Waals surface area contributed by atoms with E-state index < -0.39 is 5.91 Å². The molecule has 4 nitrogen and oxygen atoms in total. The normalized spacial score (nSPS) is 29.4. The molecule has 1 aliphatic carbocycles. The molecule has 20 heavy (non-hydrogen) atoms. The number of carbonyl (C=O) groups excluding carboxylic acids is 3. The summed E-state index contributed by atoms with van der Waals surface area (Å²) >= 11 is 0. The van der Waals surface area contributed by atoms with Crippen molar-refractivity contribution < 1.29 is 14.4 Å². The molecular weight excluding hydrogens is 254 g/mol. The van der Waals surface area contributed by atoms with Gasteiger partial charge < -0.3 is 0 Å². The molecule has 2 fully saturated rings. The van der Waals surface area contributed by atoms with Crippen LogP contribution in [0.2, 0.25) is 0 Å². The highest BCUT2D eigenvalue weighted by molar-refractivity contribution is 6.21. The second kappa shape index (κ2) is 4.85. The predicted octanol–water partition coefficient (Wildman–Crippen LogP) is 2.25. The minimum absolute atomic E-state index is 0.286. The van der Waals surface area contributed by atoms with Gasteiger partial charge in [0.1, 0.15) is 0 Å². The number of fused-ring (bicyclic) bond motifs is 1. The number of benzene rings is 1. The molecule has 0 bridgehead atoms. The number of nitrogens with zero attached hydrogens (tertiary/aromatic N) is 1. The first-order valence-electron chi connectivity index (χ1n) is 7.06. The number of imide groups is 3. The standard InChI is InChI=1S/C16H17NO3/c1-10-7-8-12-13(9-10)16(20)17(15(12)19)14(18)11-5-3-2-4-6-11/h2-6,10,12-13H,7-9H2,1H3. The molecule has 1 heterocycles. The Kier molecular flexibility index (Phi) is 3.16. The van der Waals surface area contributed by atoms with Crippen molar-refractivity contribution in [3.8, 4) is 0 Å². The number of likely N-dealkylation sites (tertiary alicyclic amines) is 1. The van der Waals surface area contributed by atoms with Crippen LogP contribution in [-0.4, -0.2) is 22.6 Å². The Labute approximate surface area is 117 Å². The quantitative estimate of drug-likeness (QED) is 0.736. The van der Waals surface area contributed by atoms with Gasteiger partial charge in [-0.2, -0.15) is 0 Å². The topological polar surface area (TPSA) is 54.5 Å². The third-order valence-corrected chi connectivity index (χ3v) is 4.41. The van der Waals surface area contributed by atoms with Gasteiger partial charge in [-0.25, -0.2) is 4.90 Å². The molecular formula is C16H17NO3. The first-order valence-corrected chi connectivity index (χ1v) is 7.06. The molecule has 104 valence electrons. The van der Waals surface area contributed by atoms with Crippen molar-refractivity contribution in [3.63, 3.8) is 0 Å². The van der Waals surface area contributed by atoms with Gasteiger partial charge in [-0.1, -0.05) is 25.1 Å². The lowest BCUT2D eigenvalue weighted by Gasteiger charge is -2.25. The Bertz CT molecular complexity index is 566. The van der Waals surface area contributed by atoms with E-state index in [1.807, 2.05) is 0 Å². The van der Waals surface area contributed by atoms with E-state index in [0.29, 0.717) is 17.9 Å². The zero-order chi connectivity index (χ0) is 14.3. The maximum absolute atomic E-state index is 12.4. The van der Waals surface area contributed by atoms with Crippen LogP contribution in [0.15, 0.2) is 30.3 Å². The summed E-state index contributed by atoms with van der Waals surface area (Å²) in [5.41, 5.74) is 0.390. The molecule has 3 rings (SSSR count). The number of hydrogen-bond acceptors (Lipinski definition) is 3. The summed E-state index contributed by atoms with van der Waals surface area (Å²) in [5, 5.41) is 0. The van der Waals surface area contributed by atoms with Crippen LogP contribution in [-0.2, 0) is 9.59 Å². The van der Waals surface area contributed by atoms with Crippen molar-refractivity contribution in [3.05, 3.63) is 35.9 Å². The average Bonchev–Trinajstić information content (AvgIpc) is 2.71. The van der Waals surface area contributed by atoms with Crippen LogP contribution in [0.1, 0.15) is 36.5 Å². The number of carbonyl (C=O) groups is 3. The lowest BCUT2D eigenvalue weighted by Crippen LogP contribution is -2.37. The van der Waals surface area contributed by atoms with Crippen molar-refractivity contribution in [2.75, 3.05) is 0 Å². The Balaban J connectivity index is 1.89. The average molecular weight is 271 g/mol. The maximum Gasteiger partial charge on any atom is 0.267 e. The first kappa shape index (κ1) is 13.0. The van der Waals surface area contributed by atoms with E-state index in [0.717, 1.165) is 17.7 Å². The zero-order valence-electron chi connectivity index (χ0n) is 11.4. The minimum Gasteiger partial charge on any atom is -0.274 e. The van der Waals surface area contributed by atoms with Gasteiger partial charge in [0.25, 0.3) is 5.91 Å². The second-order valence-corrected chi connectivity index (χ2v) is 5.81. The van der Waals surface area contributed by atoms with Crippen LogP contribution >= 0.6 is 0 Å². The van der Waals surface area contributed by atoms with E-state index in [4.69, 9.17) is 0 Å². The fourth-order valence-corrected chi connectivity index (χ4v) is 3.30. The molecule has 0 aromatic heterocycles.